The van der Waals surface area contributed by atoms with Crippen LogP contribution in [-0.2, 0) is 34.0 Å². The van der Waals surface area contributed by atoms with E-state index in [1.54, 1.807) is 32.0 Å². The molecule has 1 aromatic carbocycles. The molecule has 0 unspecified atom stereocenters. The molecule has 0 saturated carbocycles. The number of fused-ring (bicyclic) bond motifs is 2. The van der Waals surface area contributed by atoms with E-state index in [1.165, 1.54) is 13.0 Å². The van der Waals surface area contributed by atoms with Gasteiger partial charge in [-0.15, -0.1) is 0 Å². The van der Waals surface area contributed by atoms with Crippen molar-refractivity contribution in [3.63, 3.8) is 0 Å². The second-order valence-corrected chi connectivity index (χ2v) is 7.92. The van der Waals surface area contributed by atoms with E-state index in [0.29, 0.717) is 15.7 Å². The maximum absolute atomic E-state index is 13.5. The lowest BCUT2D eigenvalue weighted by Crippen LogP contribution is -2.48. The third-order valence-electron chi connectivity index (χ3n) is 4.67. The van der Waals surface area contributed by atoms with Crippen LogP contribution in [0, 0.1) is 0 Å². The molecule has 30 heavy (non-hydrogen) atoms. The largest absolute Gasteiger partial charge is 0.459 e. The first kappa shape index (κ1) is 21.6. The zero-order valence-electron chi connectivity index (χ0n) is 16.7. The van der Waals surface area contributed by atoms with Gasteiger partial charge in [0.05, 0.1) is 6.10 Å². The highest BCUT2D eigenvalue weighted by Crippen LogP contribution is 2.53. The number of carbonyl (C=O) groups is 3. The van der Waals surface area contributed by atoms with Crippen molar-refractivity contribution >= 4 is 39.5 Å². The minimum absolute atomic E-state index is 0.0568. The average molecular weight is 477 g/mol. The Morgan fingerprint density at radius 3 is 2.67 bits per heavy atom. The lowest BCUT2D eigenvalue weighted by atomic mass is 9.67. The molecule has 3 N–H and O–H groups in total. The molecule has 9 heteroatoms. The summed E-state index contributed by atoms with van der Waals surface area (Å²) in [4.78, 5) is 39.6. The molecule has 2 aliphatic heterocycles. The van der Waals surface area contributed by atoms with E-state index in [0.717, 1.165) is 0 Å². The fourth-order valence-corrected chi connectivity index (χ4v) is 4.00. The standard InChI is InChI=1S/C21H21BrN2O6/c1-5-8-28-18(25)16-17(23)30-11(4)15(19(26)29-10(2)3)21(16)13-9-12(22)6-7-14(13)24-20(21)27/h5-7,9-10H,1,8,23H2,2-4H3,(H,24,27)/t21-/m1/s1. The van der Waals surface area contributed by atoms with E-state index in [1.807, 2.05) is 0 Å². The summed E-state index contributed by atoms with van der Waals surface area (Å²) in [5.74, 6) is -2.61. The minimum atomic E-state index is -1.89. The monoisotopic (exact) mass is 476 g/mol. The molecule has 0 aliphatic carbocycles. The first-order valence-electron chi connectivity index (χ1n) is 9.14. The van der Waals surface area contributed by atoms with E-state index in [-0.39, 0.29) is 29.4 Å². The van der Waals surface area contributed by atoms with Crippen molar-refractivity contribution in [2.75, 3.05) is 11.9 Å². The van der Waals surface area contributed by atoms with Gasteiger partial charge in [0.2, 0.25) is 11.8 Å². The van der Waals surface area contributed by atoms with Gasteiger partial charge in [-0.05, 0) is 39.0 Å². The third-order valence-corrected chi connectivity index (χ3v) is 5.16. The van der Waals surface area contributed by atoms with Crippen LogP contribution >= 0.6 is 15.9 Å². The van der Waals surface area contributed by atoms with Crippen LogP contribution in [0.3, 0.4) is 0 Å². The summed E-state index contributed by atoms with van der Waals surface area (Å²) < 4.78 is 16.7. The van der Waals surface area contributed by atoms with Gasteiger partial charge in [-0.2, -0.15) is 0 Å². The maximum Gasteiger partial charge on any atom is 0.341 e. The third kappa shape index (κ3) is 3.28. The second kappa shape index (κ2) is 7.98. The number of ether oxygens (including phenoxy) is 3. The maximum atomic E-state index is 13.5. The highest BCUT2D eigenvalue weighted by atomic mass is 79.9. The number of amides is 1. The predicted octanol–water partition coefficient (Wildman–Crippen LogP) is 2.79. The molecule has 2 heterocycles. The van der Waals surface area contributed by atoms with Crippen LogP contribution in [0.4, 0.5) is 5.69 Å². The second-order valence-electron chi connectivity index (χ2n) is 7.01. The molecule has 1 aromatic rings. The molecule has 8 nitrogen and oxygen atoms in total. The van der Waals surface area contributed by atoms with E-state index >= 15 is 0 Å². The van der Waals surface area contributed by atoms with Gasteiger partial charge in [-0.3, -0.25) is 4.79 Å². The Kier molecular flexibility index (Phi) is 5.76. The van der Waals surface area contributed by atoms with Crippen molar-refractivity contribution in [2.24, 2.45) is 5.73 Å². The van der Waals surface area contributed by atoms with Crippen molar-refractivity contribution in [1.29, 1.82) is 0 Å². The number of nitrogens with one attached hydrogen (secondary N) is 1. The Bertz CT molecular complexity index is 1030. The predicted molar refractivity (Wildman–Crippen MR) is 112 cm³/mol. The van der Waals surface area contributed by atoms with E-state index in [2.05, 4.69) is 27.8 Å². The molecule has 1 spiro atoms. The molecule has 1 amide bonds. The quantitative estimate of drug-likeness (QED) is 0.495. The van der Waals surface area contributed by atoms with Crippen molar-refractivity contribution in [3.8, 4) is 0 Å². The smallest absolute Gasteiger partial charge is 0.341 e. The molecule has 0 aromatic heterocycles. The molecule has 0 saturated heterocycles. The Morgan fingerprint density at radius 1 is 1.33 bits per heavy atom. The highest BCUT2D eigenvalue weighted by molar-refractivity contribution is 9.10. The number of benzene rings is 1. The van der Waals surface area contributed by atoms with Crippen LogP contribution in [0.5, 0.6) is 0 Å². The Morgan fingerprint density at radius 2 is 2.03 bits per heavy atom. The Labute approximate surface area is 181 Å². The number of halogens is 1. The van der Waals surface area contributed by atoms with E-state index < -0.39 is 29.4 Å². The van der Waals surface area contributed by atoms with Gasteiger partial charge in [0.1, 0.15) is 28.9 Å². The Balaban J connectivity index is 2.35. The Hall–Kier alpha value is -3.07. The van der Waals surface area contributed by atoms with Crippen molar-refractivity contribution in [1.82, 2.24) is 0 Å². The fourth-order valence-electron chi connectivity index (χ4n) is 3.64. The van der Waals surface area contributed by atoms with Gasteiger partial charge < -0.3 is 25.3 Å². The number of nitrogens with two attached hydrogens (primary N) is 1. The zero-order valence-corrected chi connectivity index (χ0v) is 18.3. The molecule has 158 valence electrons. The summed E-state index contributed by atoms with van der Waals surface area (Å²) in [5, 5.41) is 2.73. The summed E-state index contributed by atoms with van der Waals surface area (Å²) in [6, 6.07) is 5.02. The molecule has 0 bridgehead atoms. The number of anilines is 1. The summed E-state index contributed by atoms with van der Waals surface area (Å²) in [6.07, 6.45) is 0.903. The lowest BCUT2D eigenvalue weighted by Gasteiger charge is -2.35. The van der Waals surface area contributed by atoms with Crippen molar-refractivity contribution in [2.45, 2.75) is 32.3 Å². The van der Waals surface area contributed by atoms with E-state index in [9.17, 15) is 14.4 Å². The van der Waals surface area contributed by atoms with Crippen LogP contribution < -0.4 is 11.1 Å². The molecule has 1 atom stereocenters. The van der Waals surface area contributed by atoms with Crippen LogP contribution in [0.25, 0.3) is 0 Å². The molecule has 0 fully saturated rings. The van der Waals surface area contributed by atoms with Gasteiger partial charge in [-0.1, -0.05) is 28.6 Å². The van der Waals surface area contributed by atoms with E-state index in [4.69, 9.17) is 19.9 Å². The topological polar surface area (TPSA) is 117 Å². The molecule has 0 radical (unpaired) electrons. The number of allylic oxidation sites excluding steroid dienone is 1. The number of hydrogen-bond donors (Lipinski definition) is 2. The molecular weight excluding hydrogens is 456 g/mol. The lowest BCUT2D eigenvalue weighted by molar-refractivity contribution is -0.145. The number of esters is 2. The van der Waals surface area contributed by atoms with Crippen LogP contribution in [-0.4, -0.2) is 30.6 Å². The highest BCUT2D eigenvalue weighted by Gasteiger charge is 2.62. The van der Waals surface area contributed by atoms with Crippen molar-refractivity contribution in [3.05, 3.63) is 63.7 Å². The molecular formula is C21H21BrN2O6. The minimum Gasteiger partial charge on any atom is -0.459 e. The summed E-state index contributed by atoms with van der Waals surface area (Å²) in [7, 11) is 0. The van der Waals surface area contributed by atoms with Gasteiger partial charge in [0, 0.05) is 15.7 Å². The average Bonchev–Trinajstić information content (AvgIpc) is 2.91. The van der Waals surface area contributed by atoms with Gasteiger partial charge >= 0.3 is 11.9 Å². The molecule has 3 rings (SSSR count). The summed E-state index contributed by atoms with van der Waals surface area (Å²) in [5.41, 5.74) is 4.53. The van der Waals surface area contributed by atoms with Crippen LogP contribution in [0.15, 0.2) is 58.1 Å². The van der Waals surface area contributed by atoms with Gasteiger partial charge in [0.25, 0.3) is 0 Å². The number of carbonyl (C=O) groups excluding carboxylic acids is 3. The zero-order chi connectivity index (χ0) is 22.2. The fraction of sp³-hybridized carbons (Fsp3) is 0.286. The number of rotatable bonds is 5. The SMILES string of the molecule is C=CCOC(=O)C1=C(N)OC(C)=C(C(=O)OC(C)C)[C@@]12C(=O)Nc1ccc(Br)cc12. The molecule has 2 aliphatic rings. The van der Waals surface area contributed by atoms with Crippen molar-refractivity contribution < 1.29 is 28.6 Å². The van der Waals surface area contributed by atoms with Crippen LogP contribution in [0.1, 0.15) is 26.3 Å². The number of hydrogen-bond acceptors (Lipinski definition) is 7. The normalized spacial score (nSPS) is 20.1. The van der Waals surface area contributed by atoms with Crippen LogP contribution in [0.2, 0.25) is 0 Å². The summed E-state index contributed by atoms with van der Waals surface area (Å²) in [6.45, 7) is 8.23. The first-order chi connectivity index (χ1) is 14.1. The van der Waals surface area contributed by atoms with Gasteiger partial charge in [-0.25, -0.2) is 9.59 Å². The summed E-state index contributed by atoms with van der Waals surface area (Å²) >= 11 is 3.38. The van der Waals surface area contributed by atoms with Gasteiger partial charge in [0.15, 0.2) is 0 Å². The first-order valence-corrected chi connectivity index (χ1v) is 9.93.